The Kier molecular flexibility index (Phi) is 3.54. The zero-order valence-corrected chi connectivity index (χ0v) is 13.0. The van der Waals surface area contributed by atoms with Gasteiger partial charge in [0.15, 0.2) is 0 Å². The van der Waals surface area contributed by atoms with E-state index in [1.165, 1.54) is 13.1 Å². The molecular weight excluding hydrogens is 278 g/mol. The fraction of sp³-hybridized carbons (Fsp3) is 0.588. The van der Waals surface area contributed by atoms with Gasteiger partial charge in [-0.15, -0.1) is 0 Å². The summed E-state index contributed by atoms with van der Waals surface area (Å²) in [6, 6.07) is 7.76. The van der Waals surface area contributed by atoms with Gasteiger partial charge in [0, 0.05) is 19.6 Å². The normalized spacial score (nSPS) is 31.2. The highest BCUT2D eigenvalue weighted by atomic mass is 16.5. The molecule has 0 bridgehead atoms. The molecule has 2 heterocycles. The molecule has 5 heteroatoms. The Morgan fingerprint density at radius 2 is 2.00 bits per heavy atom. The second-order valence-corrected chi connectivity index (χ2v) is 6.60. The molecule has 0 radical (unpaired) electrons. The Morgan fingerprint density at radius 3 is 2.73 bits per heavy atom. The van der Waals surface area contributed by atoms with Crippen LogP contribution in [-0.4, -0.2) is 57.2 Å². The van der Waals surface area contributed by atoms with E-state index in [4.69, 9.17) is 4.74 Å². The highest BCUT2D eigenvalue weighted by Gasteiger charge is 2.53. The maximum atomic E-state index is 12.5. The molecule has 3 fully saturated rings. The lowest BCUT2D eigenvalue weighted by Crippen LogP contribution is -2.51. The lowest BCUT2D eigenvalue weighted by atomic mass is 10.2. The Morgan fingerprint density at radius 1 is 1.23 bits per heavy atom. The van der Waals surface area contributed by atoms with E-state index in [1.54, 1.807) is 7.11 Å². The number of piperidine rings is 1. The van der Waals surface area contributed by atoms with Gasteiger partial charge >= 0.3 is 0 Å². The van der Waals surface area contributed by atoms with Crippen LogP contribution >= 0.6 is 0 Å². The lowest BCUT2D eigenvalue weighted by molar-refractivity contribution is -0.121. The van der Waals surface area contributed by atoms with Crippen LogP contribution in [0.1, 0.15) is 0 Å². The van der Waals surface area contributed by atoms with Crippen LogP contribution in [0.2, 0.25) is 0 Å². The smallest absolute Gasteiger partial charge is 0.241 e. The molecule has 0 spiro atoms. The van der Waals surface area contributed by atoms with Crippen LogP contribution < -0.4 is 15.0 Å². The number of carbonyl (C=O) groups is 1. The van der Waals surface area contributed by atoms with E-state index in [0.29, 0.717) is 6.54 Å². The molecule has 1 aliphatic carbocycles. The number of para-hydroxylation sites is 2. The van der Waals surface area contributed by atoms with Crippen LogP contribution in [0.4, 0.5) is 5.69 Å². The minimum atomic E-state index is 0.180. The van der Waals surface area contributed by atoms with Crippen LogP contribution in [0.5, 0.6) is 5.75 Å². The summed E-state index contributed by atoms with van der Waals surface area (Å²) in [6.45, 7) is 5.66. The number of rotatable bonds is 4. The van der Waals surface area contributed by atoms with E-state index < -0.39 is 0 Å². The van der Waals surface area contributed by atoms with Crippen molar-refractivity contribution >= 4 is 11.6 Å². The SMILES string of the molecule is COc1ccccc1N1CCN(CC2[C@H]3CNC[C@@H]23)CC1=O. The van der Waals surface area contributed by atoms with E-state index in [0.717, 1.165) is 48.8 Å². The zero-order valence-electron chi connectivity index (χ0n) is 13.0. The van der Waals surface area contributed by atoms with E-state index in [-0.39, 0.29) is 5.91 Å². The van der Waals surface area contributed by atoms with Crippen molar-refractivity contribution < 1.29 is 9.53 Å². The van der Waals surface area contributed by atoms with Crippen LogP contribution in [0.15, 0.2) is 24.3 Å². The standard InChI is InChI=1S/C17H23N3O2/c1-22-16-5-3-2-4-15(16)20-7-6-19(11-17(20)21)10-14-12-8-18-9-13(12)14/h2-5,12-14,18H,6-11H2,1H3/t12-,13+,14?. The average molecular weight is 301 g/mol. The first kappa shape index (κ1) is 14.0. The van der Waals surface area contributed by atoms with Gasteiger partial charge in [0.25, 0.3) is 0 Å². The number of piperazine rings is 1. The fourth-order valence-corrected chi connectivity index (χ4v) is 4.10. The second-order valence-electron chi connectivity index (χ2n) is 6.60. The van der Waals surface area contributed by atoms with Crippen LogP contribution in [0, 0.1) is 17.8 Å². The minimum Gasteiger partial charge on any atom is -0.495 e. The molecule has 1 unspecified atom stereocenters. The number of hydrogen-bond donors (Lipinski definition) is 1. The van der Waals surface area contributed by atoms with Crippen molar-refractivity contribution in [1.29, 1.82) is 0 Å². The van der Waals surface area contributed by atoms with Gasteiger partial charge in [-0.1, -0.05) is 12.1 Å². The number of hydrogen-bond acceptors (Lipinski definition) is 4. The molecule has 0 aromatic heterocycles. The van der Waals surface area contributed by atoms with Crippen molar-refractivity contribution in [3.05, 3.63) is 24.3 Å². The molecule has 1 saturated carbocycles. The maximum absolute atomic E-state index is 12.5. The third kappa shape index (κ3) is 2.38. The summed E-state index contributed by atoms with van der Waals surface area (Å²) < 4.78 is 5.38. The highest BCUT2D eigenvalue weighted by molar-refractivity contribution is 5.96. The average Bonchev–Trinajstić information content (AvgIpc) is 2.97. The van der Waals surface area contributed by atoms with E-state index in [2.05, 4.69) is 10.2 Å². The van der Waals surface area contributed by atoms with Crippen molar-refractivity contribution in [2.75, 3.05) is 51.3 Å². The van der Waals surface area contributed by atoms with Crippen molar-refractivity contribution in [3.63, 3.8) is 0 Å². The molecule has 4 rings (SSSR count). The van der Waals surface area contributed by atoms with Gasteiger partial charge in [-0.2, -0.15) is 0 Å². The molecule has 5 nitrogen and oxygen atoms in total. The number of fused-ring (bicyclic) bond motifs is 1. The molecule has 1 N–H and O–H groups in total. The van der Waals surface area contributed by atoms with Crippen LogP contribution in [0.3, 0.4) is 0 Å². The van der Waals surface area contributed by atoms with Crippen molar-refractivity contribution in [2.45, 2.75) is 0 Å². The Bertz CT molecular complexity index is 567. The first-order valence-corrected chi connectivity index (χ1v) is 8.14. The monoisotopic (exact) mass is 301 g/mol. The molecule has 22 heavy (non-hydrogen) atoms. The highest BCUT2D eigenvalue weighted by Crippen LogP contribution is 2.49. The summed E-state index contributed by atoms with van der Waals surface area (Å²) in [4.78, 5) is 16.7. The first-order valence-electron chi connectivity index (χ1n) is 8.14. The van der Waals surface area contributed by atoms with Crippen molar-refractivity contribution in [2.24, 2.45) is 17.8 Å². The summed E-state index contributed by atoms with van der Waals surface area (Å²) in [5.41, 5.74) is 0.891. The number of amides is 1. The van der Waals surface area contributed by atoms with E-state index in [1.807, 2.05) is 29.2 Å². The van der Waals surface area contributed by atoms with Gasteiger partial charge in [0.2, 0.25) is 5.91 Å². The Balaban J connectivity index is 1.39. The Hall–Kier alpha value is -1.59. The predicted molar refractivity (Wildman–Crippen MR) is 85.1 cm³/mol. The minimum absolute atomic E-state index is 0.180. The van der Waals surface area contributed by atoms with Crippen molar-refractivity contribution in [3.8, 4) is 5.75 Å². The summed E-state index contributed by atoms with van der Waals surface area (Å²) >= 11 is 0. The fourth-order valence-electron chi connectivity index (χ4n) is 4.10. The lowest BCUT2D eigenvalue weighted by Gasteiger charge is -2.35. The molecule has 2 aliphatic heterocycles. The number of ether oxygens (including phenoxy) is 1. The molecule has 1 aromatic carbocycles. The van der Waals surface area contributed by atoms with Crippen molar-refractivity contribution in [1.82, 2.24) is 10.2 Å². The summed E-state index contributed by atoms with van der Waals surface area (Å²) in [5.74, 6) is 3.49. The van der Waals surface area contributed by atoms with Gasteiger partial charge in [0.05, 0.1) is 19.3 Å². The number of carbonyl (C=O) groups excluding carboxylic acids is 1. The molecule has 1 amide bonds. The molecule has 3 aliphatic rings. The van der Waals surface area contributed by atoms with E-state index in [9.17, 15) is 4.79 Å². The molecule has 1 aromatic rings. The number of anilines is 1. The predicted octanol–water partition coefficient (Wildman–Crippen LogP) is 0.809. The number of benzene rings is 1. The summed E-state index contributed by atoms with van der Waals surface area (Å²) in [7, 11) is 1.65. The Labute approximate surface area is 131 Å². The van der Waals surface area contributed by atoms with Gasteiger partial charge in [-0.05, 0) is 43.0 Å². The number of methoxy groups -OCH3 is 1. The summed E-state index contributed by atoms with van der Waals surface area (Å²) in [5, 5.41) is 3.43. The topological polar surface area (TPSA) is 44.8 Å². The van der Waals surface area contributed by atoms with Crippen LogP contribution in [0.25, 0.3) is 0 Å². The number of nitrogens with one attached hydrogen (secondary N) is 1. The largest absolute Gasteiger partial charge is 0.495 e. The third-order valence-corrected chi connectivity index (χ3v) is 5.41. The van der Waals surface area contributed by atoms with Gasteiger partial charge in [0.1, 0.15) is 5.75 Å². The first-order chi connectivity index (χ1) is 10.8. The second kappa shape index (κ2) is 5.56. The zero-order chi connectivity index (χ0) is 15.1. The number of nitrogens with zero attached hydrogens (tertiary/aromatic N) is 2. The maximum Gasteiger partial charge on any atom is 0.241 e. The van der Waals surface area contributed by atoms with Crippen LogP contribution in [-0.2, 0) is 4.79 Å². The van der Waals surface area contributed by atoms with Gasteiger partial charge < -0.3 is 15.0 Å². The molecular formula is C17H23N3O2. The van der Waals surface area contributed by atoms with Gasteiger partial charge in [-0.3, -0.25) is 9.69 Å². The van der Waals surface area contributed by atoms with E-state index >= 15 is 0 Å². The quantitative estimate of drug-likeness (QED) is 0.894. The molecule has 118 valence electrons. The molecule has 3 atom stereocenters. The third-order valence-electron chi connectivity index (χ3n) is 5.41. The molecule has 2 saturated heterocycles. The van der Waals surface area contributed by atoms with Gasteiger partial charge in [-0.25, -0.2) is 0 Å². The summed E-state index contributed by atoms with van der Waals surface area (Å²) in [6.07, 6.45) is 0.